The minimum absolute atomic E-state index is 0.0574. The molecule has 4 aromatic rings. The molecule has 4 aromatic heterocycles. The van der Waals surface area contributed by atoms with Crippen LogP contribution in [0.1, 0.15) is 48.0 Å². The summed E-state index contributed by atoms with van der Waals surface area (Å²) in [6.45, 7) is 5.15. The third kappa shape index (κ3) is 4.56. The van der Waals surface area contributed by atoms with Crippen molar-refractivity contribution in [2.45, 2.75) is 52.2 Å². The third-order valence-electron chi connectivity index (χ3n) is 6.94. The number of halogens is 3. The topological polar surface area (TPSA) is 90.1 Å². The van der Waals surface area contributed by atoms with Gasteiger partial charge in [-0.25, -0.2) is 13.8 Å². The fourth-order valence-electron chi connectivity index (χ4n) is 4.71. The van der Waals surface area contributed by atoms with Crippen LogP contribution in [-0.2, 0) is 18.6 Å². The molecule has 0 fully saturated rings. The Bertz CT molecular complexity index is 1620. The van der Waals surface area contributed by atoms with E-state index in [9.17, 15) is 18.7 Å². The molecule has 0 radical (unpaired) electrons. The molecule has 0 aliphatic heterocycles. The van der Waals surface area contributed by atoms with Crippen LogP contribution in [0.4, 0.5) is 8.78 Å². The second-order valence-corrected chi connectivity index (χ2v) is 9.80. The van der Waals surface area contributed by atoms with Gasteiger partial charge in [0.1, 0.15) is 34.5 Å². The molecule has 4 heterocycles. The minimum Gasteiger partial charge on any atom is -0.485 e. The lowest BCUT2D eigenvalue weighted by molar-refractivity contribution is 0.0307. The number of nitrogens with zero attached hydrogens (tertiary/aromatic N) is 4. The van der Waals surface area contributed by atoms with Gasteiger partial charge in [-0.1, -0.05) is 24.6 Å². The summed E-state index contributed by atoms with van der Waals surface area (Å²) in [5.74, 6) is -1.60. The van der Waals surface area contributed by atoms with Crippen molar-refractivity contribution in [3.63, 3.8) is 0 Å². The predicted octanol–water partition coefficient (Wildman–Crippen LogP) is 5.36. The van der Waals surface area contributed by atoms with Crippen LogP contribution >= 0.6 is 11.6 Å². The quantitative estimate of drug-likeness (QED) is 0.355. The fraction of sp³-hybridized carbons (Fsp3) is 0.286. The zero-order valence-electron chi connectivity index (χ0n) is 21.1. The van der Waals surface area contributed by atoms with Crippen LogP contribution in [0.3, 0.4) is 0 Å². The molecule has 38 heavy (non-hydrogen) atoms. The highest BCUT2D eigenvalue weighted by atomic mass is 35.5. The van der Waals surface area contributed by atoms with E-state index in [2.05, 4.69) is 9.97 Å². The third-order valence-corrected chi connectivity index (χ3v) is 7.29. The Balaban J connectivity index is 1.51. The highest BCUT2D eigenvalue weighted by Crippen LogP contribution is 2.39. The monoisotopic (exact) mass is 538 g/mol. The number of aryl methyl sites for hydroxylation is 3. The molecule has 0 spiro atoms. The lowest BCUT2D eigenvalue weighted by atomic mass is 9.97. The van der Waals surface area contributed by atoms with Crippen molar-refractivity contribution in [3.05, 3.63) is 97.9 Å². The van der Waals surface area contributed by atoms with Gasteiger partial charge in [0.2, 0.25) is 0 Å². The molecular weight excluding hydrogens is 514 g/mol. The smallest absolute Gasteiger partial charge is 0.277 e. The van der Waals surface area contributed by atoms with E-state index in [4.69, 9.17) is 21.3 Å². The Kier molecular flexibility index (Phi) is 6.75. The zero-order chi connectivity index (χ0) is 27.2. The molecular formula is C28H25ClF2N4O3. The first-order chi connectivity index (χ1) is 18.1. The van der Waals surface area contributed by atoms with Gasteiger partial charge in [-0.05, 0) is 56.4 Å². The summed E-state index contributed by atoms with van der Waals surface area (Å²) in [6, 6.07) is 7.86. The van der Waals surface area contributed by atoms with Crippen LogP contribution in [0.2, 0.25) is 5.02 Å². The fourth-order valence-corrected chi connectivity index (χ4v) is 4.91. The SMILES string of the molecule is CC[C@@]1(O)CCc2ccc(-c3cc(-n4c(C)cc(OCc5ncc(F)cc5F)c(Cl)c4=O)c(C)cn3)nc21. The second-order valence-electron chi connectivity index (χ2n) is 9.42. The average Bonchev–Trinajstić information content (AvgIpc) is 3.23. The molecule has 0 saturated carbocycles. The van der Waals surface area contributed by atoms with Crippen LogP contribution in [0, 0.1) is 25.5 Å². The van der Waals surface area contributed by atoms with Crippen molar-refractivity contribution in [1.82, 2.24) is 19.5 Å². The van der Waals surface area contributed by atoms with Crippen LogP contribution < -0.4 is 10.3 Å². The van der Waals surface area contributed by atoms with Gasteiger partial charge in [-0.2, -0.15) is 0 Å². The summed E-state index contributed by atoms with van der Waals surface area (Å²) in [5, 5.41) is 10.8. The summed E-state index contributed by atoms with van der Waals surface area (Å²) in [7, 11) is 0. The number of aromatic nitrogens is 4. The first kappa shape index (κ1) is 25.9. The second kappa shape index (κ2) is 9.89. The van der Waals surface area contributed by atoms with Crippen LogP contribution in [0.25, 0.3) is 17.1 Å². The summed E-state index contributed by atoms with van der Waals surface area (Å²) in [6.07, 6.45) is 4.50. The molecule has 1 N–H and O–H groups in total. The molecule has 0 amide bonds. The molecule has 0 saturated heterocycles. The average molecular weight is 539 g/mol. The molecule has 1 aliphatic carbocycles. The van der Waals surface area contributed by atoms with Crippen LogP contribution in [-0.4, -0.2) is 24.6 Å². The summed E-state index contributed by atoms with van der Waals surface area (Å²) in [4.78, 5) is 26.3. The van der Waals surface area contributed by atoms with E-state index in [1.807, 2.05) is 26.0 Å². The van der Waals surface area contributed by atoms with Gasteiger partial charge in [-0.3, -0.25) is 19.3 Å². The van der Waals surface area contributed by atoms with Gasteiger partial charge in [0.25, 0.3) is 5.56 Å². The maximum Gasteiger partial charge on any atom is 0.277 e. The standard InChI is InChI=1S/C28H25ClF2N4O3/c1-4-28(37)8-7-17-5-6-20(34-26(17)28)21-11-23(15(2)12-32-21)35-16(3)9-24(25(29)27(35)36)38-14-22-19(31)10-18(30)13-33-22/h5-6,9-13,37H,4,7-8,14H2,1-3H3/t28-/m1/s1. The molecule has 1 atom stereocenters. The number of hydrogen-bond acceptors (Lipinski definition) is 6. The van der Waals surface area contributed by atoms with Crippen molar-refractivity contribution >= 4 is 11.6 Å². The number of fused-ring (bicyclic) bond motifs is 1. The number of hydrogen-bond donors (Lipinski definition) is 1. The summed E-state index contributed by atoms with van der Waals surface area (Å²) in [5.41, 5.74) is 3.03. The number of ether oxygens (including phenoxy) is 1. The molecule has 7 nitrogen and oxygen atoms in total. The first-order valence-corrected chi connectivity index (χ1v) is 12.5. The Morgan fingerprint density at radius 3 is 2.66 bits per heavy atom. The lowest BCUT2D eigenvalue weighted by Crippen LogP contribution is -2.23. The van der Waals surface area contributed by atoms with E-state index in [0.29, 0.717) is 47.4 Å². The maximum absolute atomic E-state index is 13.9. The van der Waals surface area contributed by atoms with Crippen molar-refractivity contribution in [3.8, 4) is 22.8 Å². The van der Waals surface area contributed by atoms with Gasteiger partial charge in [0, 0.05) is 24.0 Å². The first-order valence-electron chi connectivity index (χ1n) is 12.2. The van der Waals surface area contributed by atoms with Crippen molar-refractivity contribution < 1.29 is 18.6 Å². The van der Waals surface area contributed by atoms with Gasteiger partial charge < -0.3 is 9.84 Å². The van der Waals surface area contributed by atoms with E-state index >= 15 is 0 Å². The number of pyridine rings is 4. The lowest BCUT2D eigenvalue weighted by Gasteiger charge is -2.21. The predicted molar refractivity (Wildman–Crippen MR) is 139 cm³/mol. The Labute approximate surface area is 222 Å². The Hall–Kier alpha value is -3.69. The van der Waals surface area contributed by atoms with E-state index in [0.717, 1.165) is 23.7 Å². The van der Waals surface area contributed by atoms with E-state index in [-0.39, 0.29) is 23.1 Å². The Morgan fingerprint density at radius 2 is 1.92 bits per heavy atom. The molecule has 1 aliphatic rings. The zero-order valence-corrected chi connectivity index (χ0v) is 21.8. The number of rotatable bonds is 6. The van der Waals surface area contributed by atoms with Gasteiger partial charge in [-0.15, -0.1) is 0 Å². The van der Waals surface area contributed by atoms with Crippen molar-refractivity contribution in [1.29, 1.82) is 0 Å². The van der Waals surface area contributed by atoms with Gasteiger partial charge >= 0.3 is 0 Å². The molecule has 0 unspecified atom stereocenters. The highest BCUT2D eigenvalue weighted by Gasteiger charge is 2.36. The van der Waals surface area contributed by atoms with Crippen molar-refractivity contribution in [2.24, 2.45) is 0 Å². The summed E-state index contributed by atoms with van der Waals surface area (Å²) >= 11 is 6.38. The van der Waals surface area contributed by atoms with Crippen molar-refractivity contribution in [2.75, 3.05) is 0 Å². The normalized spacial score (nSPS) is 16.5. The molecule has 196 valence electrons. The van der Waals surface area contributed by atoms with E-state index in [1.54, 1.807) is 25.3 Å². The molecule has 10 heteroatoms. The molecule has 5 rings (SSSR count). The highest BCUT2D eigenvalue weighted by molar-refractivity contribution is 6.31. The molecule has 0 bridgehead atoms. The van der Waals surface area contributed by atoms with E-state index < -0.39 is 22.8 Å². The largest absolute Gasteiger partial charge is 0.485 e. The van der Waals surface area contributed by atoms with Gasteiger partial charge in [0.05, 0.1) is 29.0 Å². The maximum atomic E-state index is 13.9. The van der Waals surface area contributed by atoms with E-state index in [1.165, 1.54) is 4.57 Å². The minimum atomic E-state index is -0.956. The van der Waals surface area contributed by atoms with Gasteiger partial charge in [0.15, 0.2) is 5.82 Å². The van der Waals surface area contributed by atoms with Crippen LogP contribution in [0.15, 0.2) is 47.5 Å². The Morgan fingerprint density at radius 1 is 1.13 bits per heavy atom. The summed E-state index contributed by atoms with van der Waals surface area (Å²) < 4.78 is 34.1. The van der Waals surface area contributed by atoms with Crippen LogP contribution in [0.5, 0.6) is 5.75 Å². The molecule has 0 aromatic carbocycles. The number of aliphatic hydroxyl groups is 1.